The maximum absolute atomic E-state index is 12.4. The van der Waals surface area contributed by atoms with E-state index in [0.29, 0.717) is 6.54 Å². The monoisotopic (exact) mass is 290 g/mol. The van der Waals surface area contributed by atoms with E-state index in [1.807, 2.05) is 18.2 Å². The summed E-state index contributed by atoms with van der Waals surface area (Å²) in [7, 11) is 0. The molecule has 2 unspecified atom stereocenters. The smallest absolute Gasteiger partial charge is 0.241 e. The third-order valence-corrected chi connectivity index (χ3v) is 4.45. The number of carbonyl (C=O) groups is 1. The van der Waals surface area contributed by atoms with Gasteiger partial charge in [0.2, 0.25) is 5.91 Å². The van der Waals surface area contributed by atoms with E-state index < -0.39 is 6.10 Å². The van der Waals surface area contributed by atoms with Gasteiger partial charge in [-0.2, -0.15) is 0 Å². The molecule has 1 aromatic carbocycles. The minimum absolute atomic E-state index is 0.0489. The summed E-state index contributed by atoms with van der Waals surface area (Å²) in [5, 5.41) is 16.3. The van der Waals surface area contributed by atoms with Crippen LogP contribution in [0.5, 0.6) is 0 Å². The van der Waals surface area contributed by atoms with E-state index in [-0.39, 0.29) is 17.9 Å². The van der Waals surface area contributed by atoms with Crippen molar-refractivity contribution in [1.82, 2.24) is 10.6 Å². The number of aliphatic hydroxyl groups is 1. The second-order valence-corrected chi connectivity index (χ2v) is 5.73. The Morgan fingerprint density at radius 2 is 2.10 bits per heavy atom. The molecule has 1 aliphatic heterocycles. The Bertz CT molecular complexity index is 472. The molecule has 2 rings (SSSR count). The average molecular weight is 290 g/mol. The number of benzene rings is 1. The number of carbonyl (C=O) groups excluding carboxylic acids is 1. The summed E-state index contributed by atoms with van der Waals surface area (Å²) < 4.78 is 0. The van der Waals surface area contributed by atoms with Crippen molar-refractivity contribution in [2.24, 2.45) is 5.92 Å². The summed E-state index contributed by atoms with van der Waals surface area (Å²) in [6, 6.07) is 7.75. The van der Waals surface area contributed by atoms with Gasteiger partial charge in [-0.1, -0.05) is 51.0 Å². The van der Waals surface area contributed by atoms with Crippen LogP contribution >= 0.6 is 0 Å². The standard InChI is InChI=1S/C17H26N2O2/c1-3-12(4-2)15(20)11-19-17(21)16-14-8-6-5-7-13(14)9-10-18-16/h5-8,12,15-16,18,20H,3-4,9-11H2,1-2H3,(H,19,21). The van der Waals surface area contributed by atoms with Gasteiger partial charge in [0, 0.05) is 13.1 Å². The Hall–Kier alpha value is -1.39. The largest absolute Gasteiger partial charge is 0.391 e. The van der Waals surface area contributed by atoms with Crippen molar-refractivity contribution in [1.29, 1.82) is 0 Å². The van der Waals surface area contributed by atoms with Crippen LogP contribution in [0.25, 0.3) is 0 Å². The van der Waals surface area contributed by atoms with Crippen molar-refractivity contribution in [2.45, 2.75) is 45.3 Å². The first-order chi connectivity index (χ1) is 10.2. The van der Waals surface area contributed by atoms with Crippen LogP contribution in [0.15, 0.2) is 24.3 Å². The molecule has 3 N–H and O–H groups in total. The predicted octanol–water partition coefficient (Wildman–Crippen LogP) is 1.79. The van der Waals surface area contributed by atoms with Gasteiger partial charge in [-0.15, -0.1) is 0 Å². The van der Waals surface area contributed by atoms with Crippen molar-refractivity contribution in [3.05, 3.63) is 35.4 Å². The zero-order valence-corrected chi connectivity index (χ0v) is 12.9. The summed E-state index contributed by atoms with van der Waals surface area (Å²) in [6.45, 7) is 5.27. The first-order valence-electron chi connectivity index (χ1n) is 7.94. The number of amides is 1. The number of aliphatic hydroxyl groups excluding tert-OH is 1. The van der Waals surface area contributed by atoms with E-state index in [1.165, 1.54) is 5.56 Å². The lowest BCUT2D eigenvalue weighted by atomic mass is 9.93. The molecule has 0 spiro atoms. The van der Waals surface area contributed by atoms with Crippen LogP contribution in [0.4, 0.5) is 0 Å². The highest BCUT2D eigenvalue weighted by Gasteiger charge is 2.26. The molecule has 0 saturated heterocycles. The quantitative estimate of drug-likeness (QED) is 0.748. The van der Waals surface area contributed by atoms with E-state index >= 15 is 0 Å². The van der Waals surface area contributed by atoms with Gasteiger partial charge in [0.25, 0.3) is 0 Å². The normalized spacial score (nSPS) is 19.1. The lowest BCUT2D eigenvalue weighted by molar-refractivity contribution is -0.124. The Morgan fingerprint density at radius 1 is 1.38 bits per heavy atom. The number of rotatable bonds is 6. The highest BCUT2D eigenvalue weighted by atomic mass is 16.3. The predicted molar refractivity (Wildman–Crippen MR) is 84.0 cm³/mol. The Labute approximate surface area is 126 Å². The summed E-state index contributed by atoms with van der Waals surface area (Å²) in [6.07, 6.45) is 2.34. The number of nitrogens with one attached hydrogen (secondary N) is 2. The third-order valence-electron chi connectivity index (χ3n) is 4.45. The third kappa shape index (κ3) is 3.83. The molecule has 1 aliphatic rings. The fourth-order valence-electron chi connectivity index (χ4n) is 3.05. The number of hydrogen-bond acceptors (Lipinski definition) is 3. The van der Waals surface area contributed by atoms with Crippen LogP contribution in [0, 0.1) is 5.92 Å². The van der Waals surface area contributed by atoms with Crippen LogP contribution in [0.1, 0.15) is 43.9 Å². The van der Waals surface area contributed by atoms with Crippen LogP contribution in [0.2, 0.25) is 0 Å². The van der Waals surface area contributed by atoms with Gasteiger partial charge < -0.3 is 15.7 Å². The topological polar surface area (TPSA) is 61.4 Å². The van der Waals surface area contributed by atoms with Crippen molar-refractivity contribution >= 4 is 5.91 Å². The lowest BCUT2D eigenvalue weighted by Gasteiger charge is -2.27. The van der Waals surface area contributed by atoms with Crippen molar-refractivity contribution < 1.29 is 9.90 Å². The fraction of sp³-hybridized carbons (Fsp3) is 0.588. The van der Waals surface area contributed by atoms with E-state index in [2.05, 4.69) is 30.5 Å². The minimum atomic E-state index is -0.470. The molecule has 0 aromatic heterocycles. The van der Waals surface area contributed by atoms with Crippen LogP contribution in [0.3, 0.4) is 0 Å². The molecule has 2 atom stereocenters. The van der Waals surface area contributed by atoms with E-state index in [4.69, 9.17) is 0 Å². The molecule has 0 fully saturated rings. The highest BCUT2D eigenvalue weighted by molar-refractivity contribution is 5.83. The van der Waals surface area contributed by atoms with E-state index in [0.717, 1.165) is 31.4 Å². The molecule has 21 heavy (non-hydrogen) atoms. The molecular formula is C17H26N2O2. The zero-order chi connectivity index (χ0) is 15.2. The molecule has 1 aromatic rings. The van der Waals surface area contributed by atoms with Crippen LogP contribution in [-0.2, 0) is 11.2 Å². The van der Waals surface area contributed by atoms with Gasteiger partial charge >= 0.3 is 0 Å². The van der Waals surface area contributed by atoms with Gasteiger partial charge in [0.05, 0.1) is 6.10 Å². The Kier molecular flexibility index (Phi) is 5.76. The van der Waals surface area contributed by atoms with Gasteiger partial charge in [0.15, 0.2) is 0 Å². The van der Waals surface area contributed by atoms with Gasteiger partial charge in [-0.25, -0.2) is 0 Å². The molecule has 1 heterocycles. The van der Waals surface area contributed by atoms with Gasteiger partial charge in [-0.05, 0) is 23.5 Å². The van der Waals surface area contributed by atoms with Crippen LogP contribution < -0.4 is 10.6 Å². The Morgan fingerprint density at radius 3 is 2.81 bits per heavy atom. The molecule has 0 saturated carbocycles. The fourth-order valence-corrected chi connectivity index (χ4v) is 3.05. The summed E-state index contributed by atoms with van der Waals surface area (Å²) >= 11 is 0. The SMILES string of the molecule is CCC(CC)C(O)CNC(=O)C1NCCc2ccccc21. The molecule has 0 aliphatic carbocycles. The molecule has 116 valence electrons. The van der Waals surface area contributed by atoms with Crippen molar-refractivity contribution in [3.8, 4) is 0 Å². The molecule has 4 nitrogen and oxygen atoms in total. The highest BCUT2D eigenvalue weighted by Crippen LogP contribution is 2.22. The number of fused-ring (bicyclic) bond motifs is 1. The summed E-state index contributed by atoms with van der Waals surface area (Å²) in [5.41, 5.74) is 2.29. The average Bonchev–Trinajstić information content (AvgIpc) is 2.53. The molecule has 0 bridgehead atoms. The second kappa shape index (κ2) is 7.57. The lowest BCUT2D eigenvalue weighted by Crippen LogP contribution is -2.44. The first-order valence-corrected chi connectivity index (χ1v) is 7.94. The maximum Gasteiger partial charge on any atom is 0.241 e. The summed E-state index contributed by atoms with van der Waals surface area (Å²) in [4.78, 5) is 12.4. The van der Waals surface area contributed by atoms with E-state index in [1.54, 1.807) is 0 Å². The van der Waals surface area contributed by atoms with Crippen molar-refractivity contribution in [3.63, 3.8) is 0 Å². The second-order valence-electron chi connectivity index (χ2n) is 5.73. The molecular weight excluding hydrogens is 264 g/mol. The molecule has 0 radical (unpaired) electrons. The minimum Gasteiger partial charge on any atom is -0.391 e. The number of hydrogen-bond donors (Lipinski definition) is 3. The van der Waals surface area contributed by atoms with Gasteiger partial charge in [-0.3, -0.25) is 4.79 Å². The van der Waals surface area contributed by atoms with E-state index in [9.17, 15) is 9.90 Å². The molecule has 4 heteroatoms. The Balaban J connectivity index is 1.96. The first kappa shape index (κ1) is 16.0. The van der Waals surface area contributed by atoms with Crippen molar-refractivity contribution in [2.75, 3.05) is 13.1 Å². The summed E-state index contributed by atoms with van der Waals surface area (Å²) in [5.74, 6) is 0.198. The van der Waals surface area contributed by atoms with Gasteiger partial charge in [0.1, 0.15) is 6.04 Å². The molecule has 1 amide bonds. The van der Waals surface area contributed by atoms with Crippen LogP contribution in [-0.4, -0.2) is 30.2 Å². The zero-order valence-electron chi connectivity index (χ0n) is 12.9. The maximum atomic E-state index is 12.4.